The van der Waals surface area contributed by atoms with Gasteiger partial charge in [0.05, 0.1) is 42.7 Å². The summed E-state index contributed by atoms with van der Waals surface area (Å²) in [6.07, 6.45) is 8.75. The fourth-order valence-electron chi connectivity index (χ4n) is 10.4. The number of aliphatic hydroxyl groups excluding tert-OH is 1. The van der Waals surface area contributed by atoms with Gasteiger partial charge >= 0.3 is 24.1 Å². The molecular formula is C59H87BrN8O16. The Hall–Kier alpha value is -6.41. The second-order valence-corrected chi connectivity index (χ2v) is 23.1. The van der Waals surface area contributed by atoms with E-state index in [0.29, 0.717) is 57.2 Å². The van der Waals surface area contributed by atoms with Crippen molar-refractivity contribution < 1.29 is 77.0 Å². The van der Waals surface area contributed by atoms with Crippen LogP contribution in [0.15, 0.2) is 60.2 Å². The zero-order valence-corrected chi connectivity index (χ0v) is 51.0. The maximum atomic E-state index is 14.5. The second kappa shape index (κ2) is 33.3. The van der Waals surface area contributed by atoms with Crippen LogP contribution in [0.1, 0.15) is 118 Å². The van der Waals surface area contributed by atoms with Crippen LogP contribution in [0, 0.1) is 11.8 Å². The van der Waals surface area contributed by atoms with Gasteiger partial charge in [0.1, 0.15) is 42.6 Å². The van der Waals surface area contributed by atoms with Gasteiger partial charge in [0.2, 0.25) is 23.6 Å². The number of carbonyl (C=O) groups excluding carboxylic acids is 8. The van der Waals surface area contributed by atoms with Gasteiger partial charge in [-0.05, 0) is 94.9 Å². The molecule has 4 heterocycles. The van der Waals surface area contributed by atoms with Gasteiger partial charge in [-0.15, -0.1) is 0 Å². The van der Waals surface area contributed by atoms with E-state index in [-0.39, 0.29) is 124 Å². The molecule has 0 bridgehead atoms. The number of nitrogens with two attached hydrogens (primary N) is 1. The molecule has 4 fully saturated rings. The summed E-state index contributed by atoms with van der Waals surface area (Å²) in [5, 5.41) is 32.9. The molecule has 1 spiro atoms. The number of hydrogen-bond acceptors (Lipinski definition) is 15. The Morgan fingerprint density at radius 1 is 0.905 bits per heavy atom. The fraction of sp³-hybridized carbons (Fsp3) is 0.644. The molecule has 4 aliphatic heterocycles. The lowest BCUT2D eigenvalue weighted by atomic mass is 9.87. The zero-order chi connectivity index (χ0) is 61.7. The minimum absolute atomic E-state index is 0.0508. The van der Waals surface area contributed by atoms with E-state index in [1.165, 1.54) is 36.1 Å². The lowest BCUT2D eigenvalue weighted by Crippen LogP contribution is -2.56. The molecule has 25 heteroatoms. The summed E-state index contributed by atoms with van der Waals surface area (Å²) in [5.74, 6) is -3.67. The molecule has 8 N–H and O–H groups in total. The fourth-order valence-corrected chi connectivity index (χ4v) is 10.6. The summed E-state index contributed by atoms with van der Waals surface area (Å²) in [6.45, 7) is 14.1. The van der Waals surface area contributed by atoms with Crippen LogP contribution in [0.5, 0.6) is 0 Å². The van der Waals surface area contributed by atoms with Gasteiger partial charge < -0.3 is 70.7 Å². The highest BCUT2D eigenvalue weighted by molar-refractivity contribution is 9.09. The number of urea groups is 1. The van der Waals surface area contributed by atoms with Gasteiger partial charge in [-0.25, -0.2) is 14.4 Å². The average Bonchev–Trinajstić information content (AvgIpc) is 2.43. The molecule has 4 aliphatic rings. The Labute approximate surface area is 500 Å². The number of aliphatic hydroxyl groups is 1. The van der Waals surface area contributed by atoms with Crippen LogP contribution in [0.25, 0.3) is 0 Å². The van der Waals surface area contributed by atoms with E-state index in [9.17, 15) is 53.4 Å². The summed E-state index contributed by atoms with van der Waals surface area (Å²) < 4.78 is 29.2. The van der Waals surface area contributed by atoms with Crippen LogP contribution in [0.3, 0.4) is 0 Å². The number of nitrogens with one attached hydrogen (secondary N) is 4. The van der Waals surface area contributed by atoms with E-state index in [1.807, 2.05) is 19.9 Å². The number of carbonyl (C=O) groups is 9. The van der Waals surface area contributed by atoms with Crippen LogP contribution in [-0.2, 0) is 63.9 Å². The highest BCUT2D eigenvalue weighted by Crippen LogP contribution is 2.43. The van der Waals surface area contributed by atoms with E-state index in [0.717, 1.165) is 10.5 Å². The highest BCUT2D eigenvalue weighted by Gasteiger charge is 2.58. The third-order valence-corrected chi connectivity index (χ3v) is 15.9. The van der Waals surface area contributed by atoms with Crippen LogP contribution in [-0.4, -0.2) is 185 Å². The van der Waals surface area contributed by atoms with E-state index in [1.54, 1.807) is 43.9 Å². The summed E-state index contributed by atoms with van der Waals surface area (Å²) in [7, 11) is 0. The Kier molecular flexibility index (Phi) is 27.1. The number of nitrogens with zero attached hydrogens (tertiary/aromatic N) is 3. The van der Waals surface area contributed by atoms with Gasteiger partial charge in [-0.1, -0.05) is 79.1 Å². The number of esters is 1. The molecule has 0 aromatic heterocycles. The lowest BCUT2D eigenvalue weighted by molar-refractivity contribution is -0.152. The van der Waals surface area contributed by atoms with Gasteiger partial charge in [-0.3, -0.25) is 33.7 Å². The van der Waals surface area contributed by atoms with Crippen molar-refractivity contribution in [2.75, 3.05) is 56.1 Å². The van der Waals surface area contributed by atoms with Gasteiger partial charge in [-0.2, -0.15) is 0 Å². The van der Waals surface area contributed by atoms with Gasteiger partial charge in [0.15, 0.2) is 0 Å². The predicted octanol–water partition coefficient (Wildman–Crippen LogP) is 4.29. The van der Waals surface area contributed by atoms with Crippen molar-refractivity contribution in [3.63, 3.8) is 0 Å². The average molecular weight is 1240 g/mol. The Bertz CT molecular complexity index is 2520. The molecule has 1 aromatic rings. The molecular weight excluding hydrogens is 1160 g/mol. The first-order valence-electron chi connectivity index (χ1n) is 29.0. The Morgan fingerprint density at radius 3 is 2.21 bits per heavy atom. The third kappa shape index (κ3) is 21.6. The maximum Gasteiger partial charge on any atom is 0.410 e. The van der Waals surface area contributed by atoms with Crippen LogP contribution in [0.4, 0.5) is 15.3 Å². The van der Waals surface area contributed by atoms with Crippen molar-refractivity contribution in [1.29, 1.82) is 0 Å². The molecule has 466 valence electrons. The van der Waals surface area contributed by atoms with E-state index < -0.39 is 78.0 Å². The largest absolute Gasteiger partial charge is 0.480 e. The number of halogens is 1. The zero-order valence-electron chi connectivity index (χ0n) is 49.4. The molecule has 84 heavy (non-hydrogen) atoms. The predicted molar refractivity (Wildman–Crippen MR) is 313 cm³/mol. The molecule has 0 radical (unpaired) electrons. The molecule has 4 saturated heterocycles. The topological polar surface area (TPSA) is 327 Å². The van der Waals surface area contributed by atoms with Crippen LogP contribution in [0.2, 0.25) is 0 Å². The van der Waals surface area contributed by atoms with Crippen molar-refractivity contribution in [1.82, 2.24) is 31.1 Å². The molecule has 1 aromatic carbocycles. The molecule has 0 aliphatic carbocycles. The highest BCUT2D eigenvalue weighted by atomic mass is 79.9. The lowest BCUT2D eigenvalue weighted by Gasteiger charge is -2.39. The van der Waals surface area contributed by atoms with Crippen molar-refractivity contribution >= 4 is 75.2 Å². The summed E-state index contributed by atoms with van der Waals surface area (Å²) >= 11 is 3.10. The number of ether oxygens (including phenoxy) is 5. The normalized spacial score (nSPS) is 24.5. The third-order valence-electron chi connectivity index (χ3n) is 15.4. The number of amides is 8. The molecule has 8 amide bonds. The number of benzene rings is 1. The van der Waals surface area contributed by atoms with Crippen molar-refractivity contribution in [3.05, 3.63) is 65.8 Å². The number of anilines is 1. The number of carboxylic acids is 1. The number of carboxylic acid groups (broad SMARTS) is 1. The maximum absolute atomic E-state index is 14.5. The number of epoxide rings is 1. The van der Waals surface area contributed by atoms with Gasteiger partial charge in [0.25, 0.3) is 5.91 Å². The minimum Gasteiger partial charge on any atom is -0.480 e. The van der Waals surface area contributed by atoms with Crippen molar-refractivity contribution in [2.24, 2.45) is 17.6 Å². The molecule has 24 nitrogen and oxygen atoms in total. The second-order valence-electron chi connectivity index (χ2n) is 22.5. The minimum atomic E-state index is -1.40. The molecule has 11 atom stereocenters. The van der Waals surface area contributed by atoms with Crippen molar-refractivity contribution in [3.8, 4) is 0 Å². The Balaban J connectivity index is 1.11. The quantitative estimate of drug-likeness (QED) is 0.0147. The number of unbranched alkanes of at least 4 members (excludes halogenated alkanes) is 2. The molecule has 0 unspecified atom stereocenters. The van der Waals surface area contributed by atoms with Crippen LogP contribution >= 0.6 is 15.9 Å². The van der Waals surface area contributed by atoms with Gasteiger partial charge in [0, 0.05) is 70.8 Å². The number of piperazine rings is 1. The molecule has 0 saturated carbocycles. The first-order valence-corrected chi connectivity index (χ1v) is 30.2. The number of rotatable bonds is 29. The van der Waals surface area contributed by atoms with Crippen molar-refractivity contribution in [2.45, 2.75) is 180 Å². The summed E-state index contributed by atoms with van der Waals surface area (Å²) in [5.41, 5.74) is 6.09. The molecule has 5 rings (SSSR count). The first-order chi connectivity index (χ1) is 39.9. The number of primary amides is 1. The smallest absolute Gasteiger partial charge is 0.410 e. The first kappa shape index (κ1) is 68.4. The monoisotopic (exact) mass is 1240 g/mol. The summed E-state index contributed by atoms with van der Waals surface area (Å²) in [6, 6.07) is 2.82. The van der Waals surface area contributed by atoms with E-state index in [2.05, 4.69) is 50.2 Å². The standard InChI is InChI=1S/C59H87BrN8O16/c1-36(2)53(65-49(70)13-9-8-10-24-62-51(72)33-60)55(75)68(46(56(76)77)12-11-25-63-57(61)78)43-19-17-42(18-20-43)34-80-58(79)67-28-26-66(27-29-67)52(73)31-44-32-59(35-81-59)54(74)48(84-44)22-15-37(3)14-21-47-38(4)30-45(40(6)83-47)64-50(71)23-16-39(5)82-41(7)69/h14-20,22-23,36,38-40,44-48,53-54,74H,8-13,21,24-35H2,1-7H3,(H,62,72)(H,64,71)(H,65,70)(H,76,77)(H3,61,63,78)/b22-15+,23-16-,37-14+/t38-,39-,40+,44+,45+,46-,47-,48+,53-,54+,59+/m0/s1. The van der Waals surface area contributed by atoms with Crippen LogP contribution < -0.4 is 31.9 Å². The van der Waals surface area contributed by atoms with E-state index in [4.69, 9.17) is 29.4 Å². The SMILES string of the molecule is CC(=O)O[C@@H](C)/C=C\C(=O)N[C@@H]1C[C@H](C)[C@H](C/C=C(C)/C=C/[C@H]2O[C@H](CC(=O)N3CCN(C(=O)OCc4ccc(N(C(=O)[C@@H](NC(=O)CCCCCNC(=O)CBr)C(C)C)[C@@H](CCCNC(N)=O)C(=O)O)cc4)CC3)C[C@@]3(CO3)[C@@H]2O)O[C@@H]1C. The Morgan fingerprint density at radius 2 is 1.58 bits per heavy atom. The summed E-state index contributed by atoms with van der Waals surface area (Å²) in [4.78, 5) is 118. The number of hydrogen-bond donors (Lipinski definition) is 7. The number of alkyl halides is 1. The van der Waals surface area contributed by atoms with E-state index >= 15 is 0 Å². The number of aliphatic carboxylic acids is 1. The number of allylic oxidation sites excluding steroid dienone is 2.